The molecule has 1 aromatic heterocycles. The van der Waals surface area contributed by atoms with Crippen LogP contribution in [0, 0.1) is 0 Å². The van der Waals surface area contributed by atoms with E-state index in [1.165, 1.54) is 23.9 Å². The first kappa shape index (κ1) is 16.5. The lowest BCUT2D eigenvalue weighted by Crippen LogP contribution is -2.30. The molecule has 2 atom stereocenters. The van der Waals surface area contributed by atoms with Crippen molar-refractivity contribution < 1.29 is 19.4 Å². The third kappa shape index (κ3) is 3.68. The van der Waals surface area contributed by atoms with Crippen LogP contribution in [0.15, 0.2) is 36.5 Å². The lowest BCUT2D eigenvalue weighted by atomic mass is 10.1. The predicted molar refractivity (Wildman–Crippen MR) is 83.4 cm³/mol. The molecule has 7 nitrogen and oxygen atoms in total. The number of rotatable bonds is 6. The second-order valence-corrected chi connectivity index (χ2v) is 5.14. The maximum absolute atomic E-state index is 12.4. The Kier molecular flexibility index (Phi) is 5.00. The average Bonchev–Trinajstić information content (AvgIpc) is 3.03. The number of amides is 1. The van der Waals surface area contributed by atoms with Crippen molar-refractivity contribution in [3.63, 3.8) is 0 Å². The molecule has 1 aromatic carbocycles. The first-order chi connectivity index (χ1) is 10.9. The number of methoxy groups -OCH3 is 1. The van der Waals surface area contributed by atoms with Gasteiger partial charge in [0.15, 0.2) is 0 Å². The Bertz CT molecular complexity index is 694. The number of nitrogens with one attached hydrogen (secondary N) is 1. The van der Waals surface area contributed by atoms with Crippen LogP contribution in [0.2, 0.25) is 0 Å². The highest BCUT2D eigenvalue weighted by Crippen LogP contribution is 2.18. The summed E-state index contributed by atoms with van der Waals surface area (Å²) in [6.07, 6.45) is 1.41. The van der Waals surface area contributed by atoms with Crippen molar-refractivity contribution >= 4 is 11.9 Å². The quantitative estimate of drug-likeness (QED) is 0.850. The van der Waals surface area contributed by atoms with Crippen molar-refractivity contribution in [3.8, 4) is 5.75 Å². The number of ether oxygens (including phenoxy) is 1. The number of carbonyl (C=O) groups is 2. The molecule has 0 aliphatic carbocycles. The van der Waals surface area contributed by atoms with Gasteiger partial charge in [-0.05, 0) is 37.6 Å². The molecule has 0 fully saturated rings. The molecule has 0 aliphatic rings. The normalized spacial score (nSPS) is 13.2. The Labute approximate surface area is 133 Å². The van der Waals surface area contributed by atoms with E-state index >= 15 is 0 Å². The molecule has 2 N–H and O–H groups in total. The molecule has 2 rings (SSSR count). The minimum absolute atomic E-state index is 0.209. The summed E-state index contributed by atoms with van der Waals surface area (Å²) in [6.45, 7) is 3.32. The standard InChI is InChI=1S/C16H19N3O4/c1-10(12-4-6-13(23-3)7-5-12)18-15(20)14-8-9-17-19(14)11(2)16(21)22/h4-11H,1-3H3,(H,18,20)(H,21,22). The van der Waals surface area contributed by atoms with Crippen LogP contribution in [-0.4, -0.2) is 33.9 Å². The molecule has 1 amide bonds. The topological polar surface area (TPSA) is 93.5 Å². The van der Waals surface area contributed by atoms with Crippen LogP contribution in [0.25, 0.3) is 0 Å². The van der Waals surface area contributed by atoms with Gasteiger partial charge in [-0.1, -0.05) is 12.1 Å². The summed E-state index contributed by atoms with van der Waals surface area (Å²) in [6, 6.07) is 7.69. The van der Waals surface area contributed by atoms with Crippen molar-refractivity contribution in [2.75, 3.05) is 7.11 Å². The molecule has 0 saturated heterocycles. The Morgan fingerprint density at radius 1 is 1.22 bits per heavy atom. The van der Waals surface area contributed by atoms with Crippen LogP contribution in [0.3, 0.4) is 0 Å². The molecular weight excluding hydrogens is 298 g/mol. The lowest BCUT2D eigenvalue weighted by molar-refractivity contribution is -0.140. The van der Waals surface area contributed by atoms with Gasteiger partial charge >= 0.3 is 5.97 Å². The van der Waals surface area contributed by atoms with Gasteiger partial charge in [0.25, 0.3) is 5.91 Å². The number of hydrogen-bond donors (Lipinski definition) is 2. The van der Waals surface area contributed by atoms with E-state index < -0.39 is 12.0 Å². The summed E-state index contributed by atoms with van der Waals surface area (Å²) in [4.78, 5) is 23.4. The summed E-state index contributed by atoms with van der Waals surface area (Å²) in [5.41, 5.74) is 1.12. The molecule has 2 unspecified atom stereocenters. The smallest absolute Gasteiger partial charge is 0.328 e. The summed E-state index contributed by atoms with van der Waals surface area (Å²) >= 11 is 0. The third-order valence-corrected chi connectivity index (χ3v) is 3.59. The van der Waals surface area contributed by atoms with Crippen LogP contribution in [0.1, 0.15) is 42.0 Å². The van der Waals surface area contributed by atoms with Crippen LogP contribution in [0.5, 0.6) is 5.75 Å². The number of carboxylic acids is 1. The molecule has 1 heterocycles. The van der Waals surface area contributed by atoms with Crippen molar-refractivity contribution in [3.05, 3.63) is 47.8 Å². The van der Waals surface area contributed by atoms with E-state index in [2.05, 4.69) is 10.4 Å². The zero-order chi connectivity index (χ0) is 17.0. The van der Waals surface area contributed by atoms with Gasteiger partial charge in [-0.25, -0.2) is 9.48 Å². The highest BCUT2D eigenvalue weighted by Gasteiger charge is 2.22. The fraction of sp³-hybridized carbons (Fsp3) is 0.312. The van der Waals surface area contributed by atoms with Crippen molar-refractivity contribution in [1.82, 2.24) is 15.1 Å². The molecule has 7 heteroatoms. The fourth-order valence-electron chi connectivity index (χ4n) is 2.15. The molecule has 2 aromatic rings. The molecule has 0 bridgehead atoms. The van der Waals surface area contributed by atoms with E-state index in [0.29, 0.717) is 0 Å². The highest BCUT2D eigenvalue weighted by molar-refractivity contribution is 5.93. The first-order valence-electron chi connectivity index (χ1n) is 7.15. The zero-order valence-electron chi connectivity index (χ0n) is 13.2. The number of nitrogens with zero attached hydrogens (tertiary/aromatic N) is 2. The second kappa shape index (κ2) is 6.95. The minimum atomic E-state index is -1.05. The summed E-state index contributed by atoms with van der Waals surface area (Å²) in [5, 5.41) is 15.8. The molecule has 0 aliphatic heterocycles. The Morgan fingerprint density at radius 2 is 1.87 bits per heavy atom. The molecule has 23 heavy (non-hydrogen) atoms. The number of aliphatic carboxylic acids is 1. The van der Waals surface area contributed by atoms with Crippen molar-refractivity contribution in [2.24, 2.45) is 0 Å². The van der Waals surface area contributed by atoms with E-state index in [4.69, 9.17) is 9.84 Å². The van der Waals surface area contributed by atoms with Crippen molar-refractivity contribution in [2.45, 2.75) is 25.9 Å². The summed E-state index contributed by atoms with van der Waals surface area (Å²) in [7, 11) is 1.59. The molecule has 0 saturated carbocycles. The summed E-state index contributed by atoms with van der Waals surface area (Å²) in [5.74, 6) is -0.689. The predicted octanol–water partition coefficient (Wildman–Crippen LogP) is 2.03. The SMILES string of the molecule is COc1ccc(C(C)NC(=O)c2ccnn2C(C)C(=O)O)cc1. The molecule has 0 spiro atoms. The number of carboxylic acid groups (broad SMARTS) is 1. The van der Waals surface area contributed by atoms with Gasteiger partial charge in [-0.3, -0.25) is 4.79 Å². The number of carbonyl (C=O) groups excluding carboxylic acids is 1. The Hall–Kier alpha value is -2.83. The van der Waals surface area contributed by atoms with E-state index in [1.807, 2.05) is 31.2 Å². The number of hydrogen-bond acceptors (Lipinski definition) is 4. The van der Waals surface area contributed by atoms with Gasteiger partial charge in [0.05, 0.1) is 13.2 Å². The maximum Gasteiger partial charge on any atom is 0.328 e. The van der Waals surface area contributed by atoms with Gasteiger partial charge in [0, 0.05) is 6.20 Å². The fourth-order valence-corrected chi connectivity index (χ4v) is 2.15. The Morgan fingerprint density at radius 3 is 2.43 bits per heavy atom. The second-order valence-electron chi connectivity index (χ2n) is 5.14. The lowest BCUT2D eigenvalue weighted by Gasteiger charge is -2.16. The molecule has 0 radical (unpaired) electrons. The number of benzene rings is 1. The van der Waals surface area contributed by atoms with Gasteiger partial charge in [-0.2, -0.15) is 5.10 Å². The van der Waals surface area contributed by atoms with E-state index in [0.717, 1.165) is 11.3 Å². The monoisotopic (exact) mass is 317 g/mol. The zero-order valence-corrected chi connectivity index (χ0v) is 13.2. The van der Waals surface area contributed by atoms with Crippen LogP contribution in [0.4, 0.5) is 0 Å². The van der Waals surface area contributed by atoms with Crippen LogP contribution >= 0.6 is 0 Å². The van der Waals surface area contributed by atoms with Gasteiger partial charge in [-0.15, -0.1) is 0 Å². The largest absolute Gasteiger partial charge is 0.497 e. The van der Waals surface area contributed by atoms with Crippen LogP contribution < -0.4 is 10.1 Å². The van der Waals surface area contributed by atoms with E-state index in [1.54, 1.807) is 7.11 Å². The molecule has 122 valence electrons. The van der Waals surface area contributed by atoms with Crippen molar-refractivity contribution in [1.29, 1.82) is 0 Å². The highest BCUT2D eigenvalue weighted by atomic mass is 16.5. The molecular formula is C16H19N3O4. The van der Waals surface area contributed by atoms with Gasteiger partial charge in [0.2, 0.25) is 0 Å². The van der Waals surface area contributed by atoms with E-state index in [-0.39, 0.29) is 17.6 Å². The van der Waals surface area contributed by atoms with Gasteiger partial charge in [0.1, 0.15) is 17.5 Å². The van der Waals surface area contributed by atoms with Gasteiger partial charge < -0.3 is 15.2 Å². The van der Waals surface area contributed by atoms with Crippen LogP contribution in [-0.2, 0) is 4.79 Å². The Balaban J connectivity index is 2.12. The maximum atomic E-state index is 12.4. The van der Waals surface area contributed by atoms with E-state index in [9.17, 15) is 9.59 Å². The minimum Gasteiger partial charge on any atom is -0.497 e. The first-order valence-corrected chi connectivity index (χ1v) is 7.15. The summed E-state index contributed by atoms with van der Waals surface area (Å²) < 4.78 is 6.29. The number of aromatic nitrogens is 2. The third-order valence-electron chi connectivity index (χ3n) is 3.59. The average molecular weight is 317 g/mol.